The average molecular weight is 239 g/mol. The van der Waals surface area contributed by atoms with Gasteiger partial charge in [-0.25, -0.2) is 10.4 Å². The third-order valence-corrected chi connectivity index (χ3v) is 2.46. The van der Waals surface area contributed by atoms with Crippen molar-refractivity contribution < 1.29 is 9.47 Å². The molecule has 96 valence electrons. The Labute approximate surface area is 102 Å². The maximum atomic E-state index is 5.78. The van der Waals surface area contributed by atoms with Gasteiger partial charge in [-0.3, -0.25) is 0 Å². The molecule has 1 aromatic carbocycles. The summed E-state index contributed by atoms with van der Waals surface area (Å²) in [6.45, 7) is 0.474. The molecule has 5 heteroatoms. The summed E-state index contributed by atoms with van der Waals surface area (Å²) >= 11 is 0. The van der Waals surface area contributed by atoms with Crippen LogP contribution in [0.3, 0.4) is 0 Å². The van der Waals surface area contributed by atoms with Crippen LogP contribution < -0.4 is 20.6 Å². The Hall–Kier alpha value is -1.30. The molecule has 1 aromatic rings. The van der Waals surface area contributed by atoms with Crippen molar-refractivity contribution in [2.75, 3.05) is 34.9 Å². The molecule has 1 atom stereocenters. The Balaban J connectivity index is 3.05. The monoisotopic (exact) mass is 239 g/mol. The molecule has 1 rings (SSSR count). The summed E-state index contributed by atoms with van der Waals surface area (Å²) in [6, 6.07) is 5.68. The van der Waals surface area contributed by atoms with Crippen molar-refractivity contribution in [2.24, 2.45) is 5.73 Å². The molecule has 0 aromatic heterocycles. The molecule has 3 N–H and O–H groups in total. The van der Waals surface area contributed by atoms with Crippen LogP contribution in [0.25, 0.3) is 0 Å². The van der Waals surface area contributed by atoms with E-state index in [1.54, 1.807) is 14.2 Å². The van der Waals surface area contributed by atoms with Gasteiger partial charge in [0.25, 0.3) is 0 Å². The van der Waals surface area contributed by atoms with E-state index in [1.165, 1.54) is 0 Å². The van der Waals surface area contributed by atoms with E-state index in [2.05, 4.69) is 5.43 Å². The zero-order valence-corrected chi connectivity index (χ0v) is 10.9. The van der Waals surface area contributed by atoms with Gasteiger partial charge in [-0.15, -0.1) is 0 Å². The summed E-state index contributed by atoms with van der Waals surface area (Å²) in [5.41, 5.74) is 10.0. The topological polar surface area (TPSA) is 59.8 Å². The van der Waals surface area contributed by atoms with E-state index in [0.29, 0.717) is 6.54 Å². The van der Waals surface area contributed by atoms with Gasteiger partial charge in [-0.2, -0.15) is 0 Å². The summed E-state index contributed by atoms with van der Waals surface area (Å²) < 4.78 is 10.6. The van der Waals surface area contributed by atoms with Gasteiger partial charge in [-0.05, 0) is 18.2 Å². The first-order valence-electron chi connectivity index (χ1n) is 5.47. The minimum absolute atomic E-state index is 0.00458. The van der Waals surface area contributed by atoms with Gasteiger partial charge < -0.3 is 15.2 Å². The van der Waals surface area contributed by atoms with Crippen molar-refractivity contribution in [1.29, 1.82) is 0 Å². The Morgan fingerprint density at radius 3 is 2.47 bits per heavy atom. The number of nitrogens with zero attached hydrogens (tertiary/aromatic N) is 1. The predicted octanol–water partition coefficient (Wildman–Crippen LogP) is 0.770. The summed E-state index contributed by atoms with van der Waals surface area (Å²) in [7, 11) is 7.14. The number of nitrogens with one attached hydrogen (secondary N) is 1. The lowest BCUT2D eigenvalue weighted by atomic mass is 10.1. The Bertz CT molecular complexity index is 356. The van der Waals surface area contributed by atoms with Crippen molar-refractivity contribution >= 4 is 0 Å². The molecular weight excluding hydrogens is 218 g/mol. The number of ether oxygens (including phenoxy) is 2. The number of hydrogen-bond acceptors (Lipinski definition) is 5. The summed E-state index contributed by atoms with van der Waals surface area (Å²) in [6.07, 6.45) is 0. The van der Waals surface area contributed by atoms with Crippen molar-refractivity contribution in [1.82, 2.24) is 10.4 Å². The molecule has 0 aliphatic rings. The highest BCUT2D eigenvalue weighted by Crippen LogP contribution is 2.28. The van der Waals surface area contributed by atoms with Crippen LogP contribution in [0, 0.1) is 0 Å². The molecule has 0 spiro atoms. The number of hydrogen-bond donors (Lipinski definition) is 2. The highest BCUT2D eigenvalue weighted by molar-refractivity contribution is 5.42. The maximum Gasteiger partial charge on any atom is 0.124 e. The van der Waals surface area contributed by atoms with Gasteiger partial charge in [-0.1, -0.05) is 0 Å². The van der Waals surface area contributed by atoms with Crippen molar-refractivity contribution in [3.63, 3.8) is 0 Å². The fourth-order valence-corrected chi connectivity index (χ4v) is 1.67. The van der Waals surface area contributed by atoms with Crippen LogP contribution in [0.15, 0.2) is 18.2 Å². The second-order valence-electron chi connectivity index (χ2n) is 3.92. The molecule has 5 nitrogen and oxygen atoms in total. The molecule has 0 amide bonds. The lowest BCUT2D eigenvalue weighted by Gasteiger charge is -2.24. The normalized spacial score (nSPS) is 12.6. The van der Waals surface area contributed by atoms with Crippen LogP contribution in [0.4, 0.5) is 0 Å². The minimum Gasteiger partial charge on any atom is -0.497 e. The van der Waals surface area contributed by atoms with Crippen molar-refractivity contribution in [2.45, 2.75) is 6.04 Å². The highest BCUT2D eigenvalue weighted by Gasteiger charge is 2.16. The zero-order valence-electron chi connectivity index (χ0n) is 10.9. The van der Waals surface area contributed by atoms with Crippen molar-refractivity contribution in [3.05, 3.63) is 23.8 Å². The van der Waals surface area contributed by atoms with Crippen LogP contribution >= 0.6 is 0 Å². The van der Waals surface area contributed by atoms with Gasteiger partial charge in [0.1, 0.15) is 11.5 Å². The van der Waals surface area contributed by atoms with Crippen LogP contribution in [0.5, 0.6) is 11.5 Å². The fourth-order valence-electron chi connectivity index (χ4n) is 1.67. The van der Waals surface area contributed by atoms with Gasteiger partial charge >= 0.3 is 0 Å². The van der Waals surface area contributed by atoms with Gasteiger partial charge in [0, 0.05) is 26.2 Å². The van der Waals surface area contributed by atoms with Gasteiger partial charge in [0.05, 0.1) is 20.3 Å². The first-order valence-corrected chi connectivity index (χ1v) is 5.47. The number of rotatable bonds is 6. The lowest BCUT2D eigenvalue weighted by molar-refractivity contribution is 0.242. The quantitative estimate of drug-likeness (QED) is 0.718. The first-order chi connectivity index (χ1) is 8.12. The van der Waals surface area contributed by atoms with Crippen molar-refractivity contribution in [3.8, 4) is 11.5 Å². The molecule has 0 heterocycles. The van der Waals surface area contributed by atoms with E-state index in [-0.39, 0.29) is 6.04 Å². The number of methoxy groups -OCH3 is 2. The molecule has 1 unspecified atom stereocenters. The number of nitrogens with two attached hydrogens (primary N) is 1. The summed E-state index contributed by atoms with van der Waals surface area (Å²) in [4.78, 5) is 0. The van der Waals surface area contributed by atoms with Crippen LogP contribution in [0.1, 0.15) is 11.6 Å². The zero-order chi connectivity index (χ0) is 12.8. The number of hydrazine groups is 1. The van der Waals surface area contributed by atoms with Gasteiger partial charge in [0.2, 0.25) is 0 Å². The molecule has 17 heavy (non-hydrogen) atoms. The third-order valence-electron chi connectivity index (χ3n) is 2.46. The third kappa shape index (κ3) is 3.59. The number of benzene rings is 1. The Morgan fingerprint density at radius 1 is 1.29 bits per heavy atom. The van der Waals surface area contributed by atoms with E-state index in [4.69, 9.17) is 15.2 Å². The minimum atomic E-state index is -0.00458. The van der Waals surface area contributed by atoms with Crippen LogP contribution in [0.2, 0.25) is 0 Å². The smallest absolute Gasteiger partial charge is 0.124 e. The van der Waals surface area contributed by atoms with E-state index < -0.39 is 0 Å². The summed E-state index contributed by atoms with van der Waals surface area (Å²) in [5, 5.41) is 1.87. The van der Waals surface area contributed by atoms with E-state index in [1.807, 2.05) is 37.3 Å². The molecular formula is C12H21N3O2. The van der Waals surface area contributed by atoms with E-state index in [9.17, 15) is 0 Å². The van der Waals surface area contributed by atoms with E-state index >= 15 is 0 Å². The van der Waals surface area contributed by atoms with Gasteiger partial charge in [0.15, 0.2) is 0 Å². The largest absolute Gasteiger partial charge is 0.497 e. The van der Waals surface area contributed by atoms with Crippen LogP contribution in [-0.4, -0.2) is 39.9 Å². The second-order valence-corrected chi connectivity index (χ2v) is 3.92. The molecule has 0 aliphatic heterocycles. The highest BCUT2D eigenvalue weighted by atomic mass is 16.5. The molecule has 0 radical (unpaired) electrons. The second kappa shape index (κ2) is 6.44. The van der Waals surface area contributed by atoms with Crippen LogP contribution in [-0.2, 0) is 0 Å². The molecule has 0 saturated heterocycles. The molecule has 0 fully saturated rings. The molecule has 0 saturated carbocycles. The standard InChI is InChI=1S/C12H21N3O2/c1-15(2)14-11(8-13)10-7-9(16-3)5-6-12(10)17-4/h5-7,11,14H,8,13H2,1-4H3. The molecule has 0 bridgehead atoms. The summed E-state index contributed by atoms with van der Waals surface area (Å²) in [5.74, 6) is 1.59. The van der Waals surface area contributed by atoms with E-state index in [0.717, 1.165) is 17.1 Å². The lowest BCUT2D eigenvalue weighted by Crippen LogP contribution is -2.38. The molecule has 0 aliphatic carbocycles. The SMILES string of the molecule is COc1ccc(OC)c(C(CN)NN(C)C)c1. The Kier molecular flexibility index (Phi) is 5.21. The average Bonchev–Trinajstić information content (AvgIpc) is 2.34. The first kappa shape index (κ1) is 13.8. The fraction of sp³-hybridized carbons (Fsp3) is 0.500. The predicted molar refractivity (Wildman–Crippen MR) is 68.2 cm³/mol. The Morgan fingerprint density at radius 2 is 2.00 bits per heavy atom. The maximum absolute atomic E-state index is 5.78.